The van der Waals surface area contributed by atoms with Crippen molar-refractivity contribution in [1.29, 1.82) is 0 Å². The van der Waals surface area contributed by atoms with Crippen LogP contribution in [0.1, 0.15) is 13.8 Å². The molecule has 0 spiro atoms. The molecular formula is C6H9F3O2. The van der Waals surface area contributed by atoms with E-state index in [1.54, 1.807) is 0 Å². The Morgan fingerprint density at radius 1 is 1.45 bits per heavy atom. The molecule has 0 unspecified atom stereocenters. The minimum absolute atomic E-state index is 0.787. The van der Waals surface area contributed by atoms with Gasteiger partial charge < -0.3 is 5.11 Å². The van der Waals surface area contributed by atoms with Crippen LogP contribution in [0.5, 0.6) is 0 Å². The van der Waals surface area contributed by atoms with Crippen LogP contribution in [-0.4, -0.2) is 23.7 Å². The molecule has 11 heavy (non-hydrogen) atoms. The second-order valence-electron chi connectivity index (χ2n) is 2.77. The molecule has 0 aliphatic rings. The van der Waals surface area contributed by atoms with Gasteiger partial charge >= 0.3 is 5.97 Å². The Kier molecular flexibility index (Phi) is 2.53. The molecule has 5 heteroatoms. The average Bonchev–Trinajstić information content (AvgIpc) is 1.87. The van der Waals surface area contributed by atoms with Gasteiger partial charge in [-0.1, -0.05) is 0 Å². The molecule has 0 aromatic carbocycles. The largest absolute Gasteiger partial charge is 0.481 e. The van der Waals surface area contributed by atoms with Crippen molar-refractivity contribution in [3.63, 3.8) is 0 Å². The van der Waals surface area contributed by atoms with Gasteiger partial charge in [0.2, 0.25) is 0 Å². The van der Waals surface area contributed by atoms with E-state index >= 15 is 0 Å². The second-order valence-corrected chi connectivity index (χ2v) is 2.77. The van der Waals surface area contributed by atoms with E-state index in [1.165, 1.54) is 0 Å². The minimum Gasteiger partial charge on any atom is -0.481 e. The Morgan fingerprint density at radius 3 is 1.91 bits per heavy atom. The standard InChI is InChI=1S/C6H9F3O2/c1-5(2,4(10)11)6(8,9)3-7/h3H2,1-2H3,(H,10,11). The number of carboxylic acid groups (broad SMARTS) is 1. The summed E-state index contributed by atoms with van der Waals surface area (Å²) < 4.78 is 36.5. The van der Waals surface area contributed by atoms with E-state index in [4.69, 9.17) is 5.11 Å². The van der Waals surface area contributed by atoms with Crippen LogP contribution in [0.3, 0.4) is 0 Å². The summed E-state index contributed by atoms with van der Waals surface area (Å²) in [6.07, 6.45) is 0. The van der Waals surface area contributed by atoms with Crippen LogP contribution in [0.25, 0.3) is 0 Å². The normalized spacial score (nSPS) is 13.2. The molecule has 0 radical (unpaired) electrons. The molecule has 0 amide bonds. The third kappa shape index (κ3) is 1.64. The third-order valence-electron chi connectivity index (χ3n) is 1.62. The molecule has 0 saturated heterocycles. The van der Waals surface area contributed by atoms with Crippen LogP contribution in [-0.2, 0) is 4.79 Å². The highest BCUT2D eigenvalue weighted by atomic mass is 19.3. The van der Waals surface area contributed by atoms with E-state index in [0.29, 0.717) is 0 Å². The van der Waals surface area contributed by atoms with Gasteiger partial charge in [0, 0.05) is 0 Å². The average molecular weight is 170 g/mol. The predicted molar refractivity (Wildman–Crippen MR) is 32.3 cm³/mol. The van der Waals surface area contributed by atoms with Crippen molar-refractivity contribution in [3.8, 4) is 0 Å². The van der Waals surface area contributed by atoms with Gasteiger partial charge in [-0.15, -0.1) is 0 Å². The number of halogens is 3. The van der Waals surface area contributed by atoms with Crippen molar-refractivity contribution in [2.24, 2.45) is 5.41 Å². The number of carbonyl (C=O) groups is 1. The molecule has 0 rings (SSSR count). The Morgan fingerprint density at radius 2 is 1.82 bits per heavy atom. The van der Waals surface area contributed by atoms with E-state index < -0.39 is 24.0 Å². The van der Waals surface area contributed by atoms with Crippen LogP contribution < -0.4 is 0 Å². The van der Waals surface area contributed by atoms with Gasteiger partial charge in [0.15, 0.2) is 6.67 Å². The zero-order chi connectivity index (χ0) is 9.28. The first-order chi connectivity index (χ1) is 4.75. The lowest BCUT2D eigenvalue weighted by molar-refractivity contribution is -0.176. The summed E-state index contributed by atoms with van der Waals surface area (Å²) in [4.78, 5) is 10.2. The molecule has 0 fully saturated rings. The first-order valence-corrected chi connectivity index (χ1v) is 2.93. The predicted octanol–water partition coefficient (Wildman–Crippen LogP) is 1.70. The molecule has 66 valence electrons. The molecule has 0 aliphatic heterocycles. The lowest BCUT2D eigenvalue weighted by atomic mass is 9.86. The summed E-state index contributed by atoms with van der Waals surface area (Å²) >= 11 is 0. The molecule has 0 aliphatic carbocycles. The summed E-state index contributed by atoms with van der Waals surface area (Å²) in [5, 5.41) is 8.26. The molecule has 1 N–H and O–H groups in total. The smallest absolute Gasteiger partial charge is 0.315 e. The van der Waals surface area contributed by atoms with Crippen LogP contribution in [0.15, 0.2) is 0 Å². The van der Waals surface area contributed by atoms with Gasteiger partial charge in [0.1, 0.15) is 5.41 Å². The maximum absolute atomic E-state index is 12.4. The Labute approximate surface area is 62.0 Å². The molecule has 2 nitrogen and oxygen atoms in total. The van der Waals surface area contributed by atoms with E-state index in [2.05, 4.69) is 0 Å². The van der Waals surface area contributed by atoms with Crippen LogP contribution in [0.4, 0.5) is 13.2 Å². The van der Waals surface area contributed by atoms with Gasteiger partial charge in [0.05, 0.1) is 0 Å². The Balaban J connectivity index is 4.67. The number of rotatable bonds is 3. The number of hydrogen-bond acceptors (Lipinski definition) is 1. The summed E-state index contributed by atoms with van der Waals surface area (Å²) in [5.41, 5.74) is -2.35. The Bertz CT molecular complexity index is 165. The van der Waals surface area contributed by atoms with E-state index in [-0.39, 0.29) is 0 Å². The van der Waals surface area contributed by atoms with Crippen molar-refractivity contribution in [3.05, 3.63) is 0 Å². The third-order valence-corrected chi connectivity index (χ3v) is 1.62. The topological polar surface area (TPSA) is 37.3 Å². The van der Waals surface area contributed by atoms with Crippen LogP contribution in [0, 0.1) is 5.41 Å². The van der Waals surface area contributed by atoms with Crippen molar-refractivity contribution < 1.29 is 23.1 Å². The fourth-order valence-electron chi connectivity index (χ4n) is 0.323. The molecule has 0 aromatic heterocycles. The van der Waals surface area contributed by atoms with Crippen LogP contribution >= 0.6 is 0 Å². The highest BCUT2D eigenvalue weighted by Crippen LogP contribution is 2.36. The lowest BCUT2D eigenvalue weighted by Crippen LogP contribution is -2.44. The van der Waals surface area contributed by atoms with E-state index in [9.17, 15) is 18.0 Å². The van der Waals surface area contributed by atoms with E-state index in [0.717, 1.165) is 13.8 Å². The molecule has 0 bridgehead atoms. The molecule has 0 aromatic rings. The van der Waals surface area contributed by atoms with Crippen molar-refractivity contribution in [2.45, 2.75) is 19.8 Å². The summed E-state index contributed by atoms with van der Waals surface area (Å²) in [5.74, 6) is -5.51. The fraction of sp³-hybridized carbons (Fsp3) is 0.833. The number of carboxylic acids is 1. The number of aliphatic carboxylic acids is 1. The first kappa shape index (κ1) is 10.3. The van der Waals surface area contributed by atoms with Crippen molar-refractivity contribution in [1.82, 2.24) is 0 Å². The van der Waals surface area contributed by atoms with Crippen molar-refractivity contribution in [2.75, 3.05) is 6.67 Å². The number of hydrogen-bond donors (Lipinski definition) is 1. The highest BCUT2D eigenvalue weighted by Gasteiger charge is 2.52. The monoisotopic (exact) mass is 170 g/mol. The lowest BCUT2D eigenvalue weighted by Gasteiger charge is -2.27. The zero-order valence-electron chi connectivity index (χ0n) is 6.20. The van der Waals surface area contributed by atoms with Crippen molar-refractivity contribution >= 4 is 5.97 Å². The summed E-state index contributed by atoms with van der Waals surface area (Å²) in [6.45, 7) is -0.379. The SMILES string of the molecule is CC(C)(C(=O)O)C(F)(F)CF. The van der Waals surface area contributed by atoms with Gasteiger partial charge in [-0.3, -0.25) is 4.79 Å². The fourth-order valence-corrected chi connectivity index (χ4v) is 0.323. The zero-order valence-corrected chi connectivity index (χ0v) is 6.20. The summed E-state index contributed by atoms with van der Waals surface area (Å²) in [7, 11) is 0. The highest BCUT2D eigenvalue weighted by molar-refractivity contribution is 5.75. The van der Waals surface area contributed by atoms with Gasteiger partial charge in [-0.2, -0.15) is 0 Å². The Hall–Kier alpha value is -0.740. The summed E-state index contributed by atoms with van der Waals surface area (Å²) in [6, 6.07) is 0. The van der Waals surface area contributed by atoms with E-state index in [1.807, 2.05) is 0 Å². The van der Waals surface area contributed by atoms with Gasteiger partial charge in [-0.25, -0.2) is 13.2 Å². The van der Waals surface area contributed by atoms with Crippen LogP contribution in [0.2, 0.25) is 0 Å². The first-order valence-electron chi connectivity index (χ1n) is 2.93. The molecule has 0 saturated carbocycles. The number of alkyl halides is 3. The molecule has 0 atom stereocenters. The van der Waals surface area contributed by atoms with Gasteiger partial charge in [0.25, 0.3) is 5.92 Å². The molecular weight excluding hydrogens is 161 g/mol. The van der Waals surface area contributed by atoms with Gasteiger partial charge in [-0.05, 0) is 13.8 Å². The maximum atomic E-state index is 12.4. The quantitative estimate of drug-likeness (QED) is 0.699. The second kappa shape index (κ2) is 2.71. The maximum Gasteiger partial charge on any atom is 0.315 e. The molecule has 0 heterocycles. The minimum atomic E-state index is -3.81.